The van der Waals surface area contributed by atoms with Crippen LogP contribution in [-0.2, 0) is 71.6 Å². The summed E-state index contributed by atoms with van der Waals surface area (Å²) in [5.41, 5.74) is 0. The molecule has 0 unspecified atom stereocenters. The quantitative estimate of drug-likeness (QED) is 0.0255. The second-order valence-corrected chi connectivity index (χ2v) is 19.6. The van der Waals surface area contributed by atoms with Crippen molar-refractivity contribution >= 4 is 41.4 Å². The van der Waals surface area contributed by atoms with Gasteiger partial charge in [-0.1, -0.05) is 6.92 Å². The number of nitrogens with zero attached hydrogens (tertiary/aromatic N) is 1. The molecule has 21 atom stereocenters. The average Bonchev–Trinajstić information content (AvgIpc) is 3.74. The summed E-state index contributed by atoms with van der Waals surface area (Å²) in [6.07, 6.45) is -32.7. The summed E-state index contributed by atoms with van der Waals surface area (Å²) in [7, 11) is 0. The van der Waals surface area contributed by atoms with E-state index in [0.717, 1.165) is 0 Å². The first-order valence-corrected chi connectivity index (χ1v) is 25.8. The highest BCUT2D eigenvalue weighted by molar-refractivity contribution is 6.01. The Balaban J connectivity index is 1.15. The second kappa shape index (κ2) is 31.2. The zero-order chi connectivity index (χ0) is 58.2. The maximum atomic E-state index is 13.3. The summed E-state index contributed by atoms with van der Waals surface area (Å²) in [4.78, 5) is 92.9. The number of carbonyl (C=O) groups is 7. The second-order valence-electron chi connectivity index (χ2n) is 19.6. The molecule has 1 aliphatic carbocycles. The van der Waals surface area contributed by atoms with Gasteiger partial charge in [-0.3, -0.25) is 28.8 Å². The van der Waals surface area contributed by atoms with Crippen LogP contribution >= 0.6 is 0 Å². The van der Waals surface area contributed by atoms with Crippen LogP contribution in [0.1, 0.15) is 64.7 Å². The van der Waals surface area contributed by atoms with Gasteiger partial charge in [0.25, 0.3) is 11.8 Å². The fourth-order valence-corrected chi connectivity index (χ4v) is 9.09. The van der Waals surface area contributed by atoms with Crippen LogP contribution in [0.4, 0.5) is 0 Å². The minimum atomic E-state index is -1.97. The molecule has 6 amide bonds. The number of hydrogen-bond donors (Lipinski definition) is 17. The molecule has 5 fully saturated rings. The number of rotatable bonds is 28. The predicted octanol–water partition coefficient (Wildman–Crippen LogP) is -10.3. The Kier molecular flexibility index (Phi) is 25.9. The average molecular weight is 1150 g/mol. The lowest BCUT2D eigenvalue weighted by atomic mass is 9.82. The Bertz CT molecular complexity index is 2000. The lowest BCUT2D eigenvalue weighted by Gasteiger charge is -2.46. The molecule has 4 heterocycles. The smallest absolute Gasteiger partial charge is 0.352 e. The normalized spacial score (nSPS) is 36.3. The minimum Gasteiger partial charge on any atom is -0.396 e. The third kappa shape index (κ3) is 18.1. The van der Waals surface area contributed by atoms with Gasteiger partial charge in [-0.05, 0) is 31.6 Å². The molecule has 5 rings (SSSR count). The van der Waals surface area contributed by atoms with Gasteiger partial charge in [-0.25, -0.2) is 4.79 Å². The van der Waals surface area contributed by atoms with Gasteiger partial charge in [-0.15, -0.1) is 5.06 Å². The van der Waals surface area contributed by atoms with Crippen molar-refractivity contribution in [1.29, 1.82) is 0 Å². The summed E-state index contributed by atoms with van der Waals surface area (Å²) >= 11 is 0. The van der Waals surface area contributed by atoms with Gasteiger partial charge < -0.3 is 126 Å². The van der Waals surface area contributed by atoms with E-state index in [-0.39, 0.29) is 75.6 Å². The Morgan fingerprint density at radius 3 is 1.81 bits per heavy atom. The van der Waals surface area contributed by atoms with Crippen LogP contribution < -0.4 is 21.3 Å². The number of aliphatic hydroxyl groups is 13. The number of nitrogens with one attached hydrogen (secondary N) is 4. The van der Waals surface area contributed by atoms with Crippen molar-refractivity contribution in [2.75, 3.05) is 52.7 Å². The Labute approximate surface area is 450 Å². The molecule has 0 bridgehead atoms. The topological polar surface area (TPSA) is 508 Å². The summed E-state index contributed by atoms with van der Waals surface area (Å²) in [5.74, 6) is -6.09. The Morgan fingerprint density at radius 2 is 1.16 bits per heavy atom. The molecule has 0 aromatic heterocycles. The molecule has 1 saturated carbocycles. The van der Waals surface area contributed by atoms with E-state index in [1.807, 2.05) is 0 Å². The van der Waals surface area contributed by atoms with Crippen molar-refractivity contribution < 1.29 is 138 Å². The van der Waals surface area contributed by atoms with Crippen molar-refractivity contribution in [2.24, 2.45) is 5.92 Å². The van der Waals surface area contributed by atoms with Crippen LogP contribution in [0.15, 0.2) is 0 Å². The van der Waals surface area contributed by atoms with Gasteiger partial charge >= 0.3 is 5.97 Å². The Morgan fingerprint density at radius 1 is 0.608 bits per heavy atom. The van der Waals surface area contributed by atoms with Crippen molar-refractivity contribution in [3.63, 3.8) is 0 Å². The molecule has 79 heavy (non-hydrogen) atoms. The number of ether oxygens (including phenoxy) is 7. The van der Waals surface area contributed by atoms with E-state index in [9.17, 15) is 99.9 Å². The zero-order valence-corrected chi connectivity index (χ0v) is 43.0. The summed E-state index contributed by atoms with van der Waals surface area (Å²) in [6, 6.07) is -1.49. The monoisotopic (exact) mass is 1150 g/mol. The first-order chi connectivity index (χ1) is 37.5. The van der Waals surface area contributed by atoms with E-state index >= 15 is 0 Å². The maximum absolute atomic E-state index is 13.3. The molecule has 33 nitrogen and oxygen atoms in total. The molecule has 452 valence electrons. The number of imide groups is 1. The van der Waals surface area contributed by atoms with Crippen LogP contribution in [0.5, 0.6) is 0 Å². The van der Waals surface area contributed by atoms with Crippen LogP contribution in [-0.4, -0.2) is 288 Å². The molecule has 33 heteroatoms. The van der Waals surface area contributed by atoms with E-state index in [1.54, 1.807) is 6.92 Å². The lowest BCUT2D eigenvalue weighted by Crippen LogP contribution is -2.65. The molecular weight excluding hydrogens is 1070 g/mol. The minimum absolute atomic E-state index is 0.0121. The largest absolute Gasteiger partial charge is 0.396 e. The van der Waals surface area contributed by atoms with Gasteiger partial charge in [0.2, 0.25) is 23.6 Å². The van der Waals surface area contributed by atoms with Gasteiger partial charge in [-0.2, -0.15) is 0 Å². The number of hydroxylamine groups is 2. The fourth-order valence-electron chi connectivity index (χ4n) is 9.09. The molecule has 17 N–H and O–H groups in total. The van der Waals surface area contributed by atoms with Crippen LogP contribution in [0.3, 0.4) is 0 Å². The van der Waals surface area contributed by atoms with E-state index in [4.69, 9.17) is 38.0 Å². The van der Waals surface area contributed by atoms with Gasteiger partial charge in [0.15, 0.2) is 18.9 Å². The highest BCUT2D eigenvalue weighted by Gasteiger charge is 2.52. The first kappa shape index (κ1) is 65.5. The van der Waals surface area contributed by atoms with Crippen LogP contribution in [0.2, 0.25) is 0 Å². The van der Waals surface area contributed by atoms with E-state index in [2.05, 4.69) is 21.3 Å². The van der Waals surface area contributed by atoms with Crippen molar-refractivity contribution in [3.05, 3.63) is 0 Å². The molecule has 0 radical (unpaired) electrons. The summed E-state index contributed by atoms with van der Waals surface area (Å²) in [5, 5.41) is 144. The molecule has 4 saturated heterocycles. The third-order valence-corrected chi connectivity index (χ3v) is 13.7. The van der Waals surface area contributed by atoms with E-state index < -0.39 is 210 Å². The lowest BCUT2D eigenvalue weighted by molar-refractivity contribution is -0.365. The predicted molar refractivity (Wildman–Crippen MR) is 252 cm³/mol. The van der Waals surface area contributed by atoms with Crippen LogP contribution in [0, 0.1) is 5.92 Å². The van der Waals surface area contributed by atoms with Gasteiger partial charge in [0.05, 0.1) is 44.7 Å². The van der Waals surface area contributed by atoms with E-state index in [1.165, 1.54) is 0 Å². The number of amides is 6. The molecule has 5 aliphatic rings. The van der Waals surface area contributed by atoms with E-state index in [0.29, 0.717) is 0 Å². The molecular formula is C46H75N5O28. The molecule has 0 spiro atoms. The van der Waals surface area contributed by atoms with Crippen molar-refractivity contribution in [1.82, 2.24) is 26.3 Å². The summed E-state index contributed by atoms with van der Waals surface area (Å²) in [6.45, 7) is -2.08. The highest BCUT2D eigenvalue weighted by atomic mass is 16.8. The van der Waals surface area contributed by atoms with Crippen LogP contribution in [0.25, 0.3) is 0 Å². The first-order valence-electron chi connectivity index (χ1n) is 25.8. The zero-order valence-electron chi connectivity index (χ0n) is 43.0. The summed E-state index contributed by atoms with van der Waals surface area (Å²) < 4.78 is 39.2. The fraction of sp³-hybridized carbons (Fsp3) is 0.848. The van der Waals surface area contributed by atoms with Gasteiger partial charge in [0, 0.05) is 51.8 Å². The third-order valence-electron chi connectivity index (χ3n) is 13.7. The highest BCUT2D eigenvalue weighted by Crippen LogP contribution is 2.32. The number of carbonyl (C=O) groups excluding carboxylic acids is 7. The Hall–Kier alpha value is -4.31. The molecule has 0 aromatic rings. The molecule has 4 aliphatic heterocycles. The van der Waals surface area contributed by atoms with Crippen molar-refractivity contribution in [3.8, 4) is 0 Å². The van der Waals surface area contributed by atoms with Crippen molar-refractivity contribution in [2.45, 2.75) is 187 Å². The standard InChI is InChI=1S/C46H75N5O28/c1-19-15-22(33(62)36(65)31(19)60)72-13-10-47-25(54)3-2-4-27(56)50-20(43(71)49-16-30(59)79-51-28(57)7-8-29(51)58)5-6-26(55)48-11-14-73-45-41(70)42(78-46-40(69)37(66)32(61)21(75-46)9-12-52)35(64)24(77-45)18-74-44-39(68)38(67)34(63)23(17-53)76-44/h19-24,31-42,44-46,52-53,60-70H,2-18H2,1H3,(H,47,54)(H,48,55)(H,49,71)(H,50,56)/t19-,20+,21-,22-,23-,24-,31-,32-,33-,34-,35-,36-,37+,38+,39+,40+,41+,42+,44+,45+,46-/m1/s1. The maximum Gasteiger partial charge on any atom is 0.352 e. The van der Waals surface area contributed by atoms with Gasteiger partial charge in [0.1, 0.15) is 91.9 Å². The number of hydrogen-bond acceptors (Lipinski definition) is 28. The number of aliphatic hydroxyl groups excluding tert-OH is 13. The SMILES string of the molecule is C[C@@H]1C[C@@H](OCCNC(=O)CCCC(=O)N[C@@H](CCC(=O)NCCO[C@H]2O[C@H](CO[C@H]3O[C@H](CO)[C@@H](O)[C@H](O)[C@@H]3O)[C@@H](O)[C@H](O[C@H]3O[C@H](CCO)[C@@H](O)[C@H](O)[C@@H]3O)[C@@H]2O)C(=O)NCC(=O)ON2C(=O)CCC2=O)[C@@H](O)[C@H](O)[C@@H]1O. The molecule has 0 aromatic carbocycles.